The SMILES string of the molecule is CCNC(CCC(C)C)c1ccc(OC2CC2)cc1. The van der Waals surface area contributed by atoms with Crippen molar-refractivity contribution in [3.8, 4) is 5.75 Å². The Morgan fingerprint density at radius 1 is 1.16 bits per heavy atom. The van der Waals surface area contributed by atoms with Crippen molar-refractivity contribution in [1.82, 2.24) is 5.32 Å². The van der Waals surface area contributed by atoms with Crippen molar-refractivity contribution in [2.24, 2.45) is 5.92 Å². The molecular weight excluding hydrogens is 234 g/mol. The van der Waals surface area contributed by atoms with Gasteiger partial charge in [0.1, 0.15) is 5.75 Å². The van der Waals surface area contributed by atoms with Crippen LogP contribution in [0.1, 0.15) is 58.1 Å². The fraction of sp³-hybridized carbons (Fsp3) is 0.647. The quantitative estimate of drug-likeness (QED) is 0.752. The van der Waals surface area contributed by atoms with Gasteiger partial charge in [-0.1, -0.05) is 32.9 Å². The largest absolute Gasteiger partial charge is 0.490 e. The molecule has 1 unspecified atom stereocenters. The summed E-state index contributed by atoms with van der Waals surface area (Å²) in [5, 5.41) is 3.59. The normalized spacial score (nSPS) is 16.6. The molecule has 19 heavy (non-hydrogen) atoms. The van der Waals surface area contributed by atoms with E-state index >= 15 is 0 Å². The minimum atomic E-state index is 0.474. The zero-order chi connectivity index (χ0) is 13.7. The lowest BCUT2D eigenvalue weighted by atomic mass is 9.97. The second-order valence-electron chi connectivity index (χ2n) is 5.97. The summed E-state index contributed by atoms with van der Waals surface area (Å²) in [4.78, 5) is 0. The first-order valence-corrected chi connectivity index (χ1v) is 7.69. The Hall–Kier alpha value is -1.02. The van der Waals surface area contributed by atoms with Crippen LogP contribution in [0.25, 0.3) is 0 Å². The van der Waals surface area contributed by atoms with Gasteiger partial charge in [0.05, 0.1) is 6.10 Å². The molecule has 0 heterocycles. The standard InChI is InChI=1S/C17H27NO/c1-4-18-17(12-5-13(2)3)14-6-8-15(9-7-14)19-16-10-11-16/h6-9,13,16-18H,4-5,10-12H2,1-3H3. The van der Waals surface area contributed by atoms with Crippen LogP contribution in [0.4, 0.5) is 0 Å². The molecule has 1 aliphatic rings. The van der Waals surface area contributed by atoms with Gasteiger partial charge in [-0.3, -0.25) is 0 Å². The van der Waals surface area contributed by atoms with E-state index in [2.05, 4.69) is 50.4 Å². The molecule has 0 aliphatic heterocycles. The molecule has 0 bridgehead atoms. The molecule has 2 heteroatoms. The van der Waals surface area contributed by atoms with E-state index in [0.29, 0.717) is 12.1 Å². The number of ether oxygens (including phenoxy) is 1. The maximum atomic E-state index is 5.80. The van der Waals surface area contributed by atoms with Gasteiger partial charge in [0, 0.05) is 6.04 Å². The summed E-state index contributed by atoms with van der Waals surface area (Å²) in [6.45, 7) is 7.77. The van der Waals surface area contributed by atoms with Gasteiger partial charge in [0.25, 0.3) is 0 Å². The summed E-state index contributed by atoms with van der Waals surface area (Å²) in [5.41, 5.74) is 1.38. The monoisotopic (exact) mass is 261 g/mol. The lowest BCUT2D eigenvalue weighted by molar-refractivity contribution is 0.303. The Labute approximate surface area is 117 Å². The second kappa shape index (κ2) is 6.95. The van der Waals surface area contributed by atoms with Crippen molar-refractivity contribution in [2.75, 3.05) is 6.54 Å². The summed E-state index contributed by atoms with van der Waals surface area (Å²) in [6, 6.07) is 9.14. The molecule has 0 radical (unpaired) electrons. The minimum absolute atomic E-state index is 0.474. The lowest BCUT2D eigenvalue weighted by Gasteiger charge is -2.19. The Kier molecular flexibility index (Phi) is 5.26. The first kappa shape index (κ1) is 14.4. The molecule has 2 rings (SSSR count). The van der Waals surface area contributed by atoms with Crippen LogP contribution in [-0.2, 0) is 0 Å². The van der Waals surface area contributed by atoms with Gasteiger partial charge in [0.2, 0.25) is 0 Å². The van der Waals surface area contributed by atoms with E-state index in [1.54, 1.807) is 0 Å². The molecule has 1 atom stereocenters. The Balaban J connectivity index is 1.94. The van der Waals surface area contributed by atoms with Crippen molar-refractivity contribution in [1.29, 1.82) is 0 Å². The van der Waals surface area contributed by atoms with Crippen LogP contribution in [-0.4, -0.2) is 12.6 Å². The number of hydrogen-bond acceptors (Lipinski definition) is 2. The third-order valence-corrected chi connectivity index (χ3v) is 3.59. The van der Waals surface area contributed by atoms with E-state index < -0.39 is 0 Å². The van der Waals surface area contributed by atoms with Crippen molar-refractivity contribution >= 4 is 0 Å². The van der Waals surface area contributed by atoms with Crippen LogP contribution in [0.2, 0.25) is 0 Å². The molecule has 0 spiro atoms. The predicted octanol–water partition coefficient (Wildman–Crippen LogP) is 4.31. The highest BCUT2D eigenvalue weighted by Gasteiger charge is 2.23. The van der Waals surface area contributed by atoms with E-state index in [9.17, 15) is 0 Å². The van der Waals surface area contributed by atoms with Gasteiger partial charge >= 0.3 is 0 Å². The van der Waals surface area contributed by atoms with Crippen LogP contribution >= 0.6 is 0 Å². The van der Waals surface area contributed by atoms with Gasteiger partial charge in [-0.25, -0.2) is 0 Å². The van der Waals surface area contributed by atoms with Crippen molar-refractivity contribution in [3.63, 3.8) is 0 Å². The minimum Gasteiger partial charge on any atom is -0.490 e. The second-order valence-corrected chi connectivity index (χ2v) is 5.97. The average molecular weight is 261 g/mol. The lowest BCUT2D eigenvalue weighted by Crippen LogP contribution is -2.21. The molecule has 0 aromatic heterocycles. The van der Waals surface area contributed by atoms with Gasteiger partial charge in [-0.2, -0.15) is 0 Å². The van der Waals surface area contributed by atoms with Gasteiger partial charge in [-0.05, 0) is 55.8 Å². The fourth-order valence-electron chi connectivity index (χ4n) is 2.29. The van der Waals surface area contributed by atoms with Gasteiger partial charge in [0.15, 0.2) is 0 Å². The van der Waals surface area contributed by atoms with Crippen LogP contribution in [0, 0.1) is 5.92 Å². The third-order valence-electron chi connectivity index (χ3n) is 3.59. The maximum Gasteiger partial charge on any atom is 0.119 e. The molecular formula is C17H27NO. The first-order valence-electron chi connectivity index (χ1n) is 7.69. The van der Waals surface area contributed by atoms with E-state index in [1.165, 1.54) is 31.2 Å². The predicted molar refractivity (Wildman–Crippen MR) is 80.6 cm³/mol. The Morgan fingerprint density at radius 3 is 2.37 bits per heavy atom. The number of benzene rings is 1. The Bertz CT molecular complexity index is 367. The third kappa shape index (κ3) is 4.87. The molecule has 0 saturated heterocycles. The molecule has 1 N–H and O–H groups in total. The first-order chi connectivity index (χ1) is 9.19. The highest BCUT2D eigenvalue weighted by atomic mass is 16.5. The summed E-state index contributed by atoms with van der Waals surface area (Å²) < 4.78 is 5.80. The van der Waals surface area contributed by atoms with E-state index in [4.69, 9.17) is 4.74 Å². The van der Waals surface area contributed by atoms with Crippen LogP contribution in [0.5, 0.6) is 5.75 Å². The summed E-state index contributed by atoms with van der Waals surface area (Å²) in [7, 11) is 0. The molecule has 1 fully saturated rings. The molecule has 1 aromatic rings. The van der Waals surface area contributed by atoms with E-state index in [-0.39, 0.29) is 0 Å². The molecule has 0 amide bonds. The van der Waals surface area contributed by atoms with Crippen LogP contribution in [0.15, 0.2) is 24.3 Å². The van der Waals surface area contributed by atoms with Crippen molar-refractivity contribution in [3.05, 3.63) is 29.8 Å². The highest BCUT2D eigenvalue weighted by molar-refractivity contribution is 5.29. The number of rotatable bonds is 8. The summed E-state index contributed by atoms with van der Waals surface area (Å²) in [5.74, 6) is 1.78. The molecule has 1 aromatic carbocycles. The maximum absolute atomic E-state index is 5.80. The number of hydrogen-bond donors (Lipinski definition) is 1. The average Bonchev–Trinajstić information content (AvgIpc) is 3.19. The Morgan fingerprint density at radius 2 is 1.84 bits per heavy atom. The topological polar surface area (TPSA) is 21.3 Å². The molecule has 2 nitrogen and oxygen atoms in total. The smallest absolute Gasteiger partial charge is 0.119 e. The number of nitrogens with one attached hydrogen (secondary N) is 1. The summed E-state index contributed by atoms with van der Waals surface area (Å²) >= 11 is 0. The van der Waals surface area contributed by atoms with Crippen LogP contribution in [0.3, 0.4) is 0 Å². The van der Waals surface area contributed by atoms with Gasteiger partial charge in [-0.15, -0.1) is 0 Å². The fourth-order valence-corrected chi connectivity index (χ4v) is 2.29. The zero-order valence-electron chi connectivity index (χ0n) is 12.5. The highest BCUT2D eigenvalue weighted by Crippen LogP contribution is 2.28. The van der Waals surface area contributed by atoms with Gasteiger partial charge < -0.3 is 10.1 Å². The van der Waals surface area contributed by atoms with E-state index in [0.717, 1.165) is 18.2 Å². The van der Waals surface area contributed by atoms with Crippen molar-refractivity contribution in [2.45, 2.75) is 58.6 Å². The molecule has 1 aliphatic carbocycles. The zero-order valence-corrected chi connectivity index (χ0v) is 12.5. The molecule has 1 saturated carbocycles. The van der Waals surface area contributed by atoms with E-state index in [1.807, 2.05) is 0 Å². The molecule has 106 valence electrons. The van der Waals surface area contributed by atoms with Crippen LogP contribution < -0.4 is 10.1 Å². The van der Waals surface area contributed by atoms with Crippen molar-refractivity contribution < 1.29 is 4.74 Å². The summed E-state index contributed by atoms with van der Waals surface area (Å²) in [6.07, 6.45) is 5.38.